The number of β-amino-alcohol motifs (C(OH)–C–C–N with tert-alkyl or cyclic N) is 1. The Hall–Kier alpha value is -3.33. The van der Waals surface area contributed by atoms with Crippen LogP contribution in [0.15, 0.2) is 42.9 Å². The van der Waals surface area contributed by atoms with Crippen molar-refractivity contribution >= 4 is 28.6 Å². The molecule has 4 rings (SSSR count). The molecular weight excluding hydrogens is 346 g/mol. The molecule has 2 atom stereocenters. The predicted octanol–water partition coefficient (Wildman–Crippen LogP) is 0.372. The molecule has 1 fully saturated rings. The highest BCUT2D eigenvalue weighted by molar-refractivity contribution is 5.93. The number of rotatable bonds is 4. The van der Waals surface area contributed by atoms with Gasteiger partial charge in [-0.1, -0.05) is 12.1 Å². The highest BCUT2D eigenvalue weighted by atomic mass is 16.3. The van der Waals surface area contributed by atoms with Gasteiger partial charge in [0.15, 0.2) is 0 Å². The SMILES string of the molecule is Nc1cc(N2C[C@H](O)C[C@@H]2CNC(=O)c2cnc3ccccc3n2)ncn1. The van der Waals surface area contributed by atoms with Crippen molar-refractivity contribution < 1.29 is 9.90 Å². The van der Waals surface area contributed by atoms with Crippen molar-refractivity contribution in [3.63, 3.8) is 0 Å². The number of carbonyl (C=O) groups excluding carboxylic acids is 1. The largest absolute Gasteiger partial charge is 0.391 e. The van der Waals surface area contributed by atoms with Gasteiger partial charge in [0.1, 0.15) is 23.7 Å². The second-order valence-corrected chi connectivity index (χ2v) is 6.45. The van der Waals surface area contributed by atoms with Gasteiger partial charge in [-0.3, -0.25) is 9.78 Å². The molecule has 0 aliphatic carbocycles. The molecule has 1 aliphatic rings. The zero-order chi connectivity index (χ0) is 18.8. The van der Waals surface area contributed by atoms with Gasteiger partial charge in [0.05, 0.1) is 29.4 Å². The lowest BCUT2D eigenvalue weighted by Gasteiger charge is -2.25. The second kappa shape index (κ2) is 7.12. The molecule has 9 nitrogen and oxygen atoms in total. The Labute approximate surface area is 155 Å². The maximum absolute atomic E-state index is 12.5. The fourth-order valence-electron chi connectivity index (χ4n) is 3.25. The van der Waals surface area contributed by atoms with Gasteiger partial charge in [0.25, 0.3) is 5.91 Å². The number of hydrogen-bond donors (Lipinski definition) is 3. The van der Waals surface area contributed by atoms with E-state index in [1.54, 1.807) is 6.07 Å². The van der Waals surface area contributed by atoms with Gasteiger partial charge in [-0.2, -0.15) is 0 Å². The molecule has 0 unspecified atom stereocenters. The summed E-state index contributed by atoms with van der Waals surface area (Å²) in [7, 11) is 0. The lowest BCUT2D eigenvalue weighted by atomic mass is 10.2. The number of nitrogens with one attached hydrogen (secondary N) is 1. The minimum atomic E-state index is -0.497. The number of nitrogens with two attached hydrogens (primary N) is 1. The van der Waals surface area contributed by atoms with Crippen LogP contribution < -0.4 is 16.0 Å². The predicted molar refractivity (Wildman–Crippen MR) is 100 cm³/mol. The highest BCUT2D eigenvalue weighted by Crippen LogP contribution is 2.24. The van der Waals surface area contributed by atoms with E-state index in [4.69, 9.17) is 5.73 Å². The zero-order valence-electron chi connectivity index (χ0n) is 14.5. The molecule has 1 amide bonds. The Morgan fingerprint density at radius 3 is 2.89 bits per heavy atom. The molecule has 27 heavy (non-hydrogen) atoms. The monoisotopic (exact) mass is 365 g/mol. The molecule has 1 aromatic carbocycles. The Morgan fingerprint density at radius 2 is 2.07 bits per heavy atom. The summed E-state index contributed by atoms with van der Waals surface area (Å²) >= 11 is 0. The number of aromatic nitrogens is 4. The van der Waals surface area contributed by atoms with Crippen LogP contribution in [-0.4, -0.2) is 56.2 Å². The van der Waals surface area contributed by atoms with Crippen molar-refractivity contribution in [2.45, 2.75) is 18.6 Å². The third-order valence-corrected chi connectivity index (χ3v) is 4.54. The number of fused-ring (bicyclic) bond motifs is 1. The zero-order valence-corrected chi connectivity index (χ0v) is 14.5. The number of aliphatic hydroxyl groups is 1. The van der Waals surface area contributed by atoms with Gasteiger partial charge in [-0.05, 0) is 18.6 Å². The number of benzene rings is 1. The average Bonchev–Trinajstić information content (AvgIpc) is 3.06. The van der Waals surface area contributed by atoms with Crippen LogP contribution in [0.3, 0.4) is 0 Å². The van der Waals surface area contributed by atoms with Crippen LogP contribution in [-0.2, 0) is 0 Å². The number of para-hydroxylation sites is 2. The van der Waals surface area contributed by atoms with Crippen LogP contribution in [0.5, 0.6) is 0 Å². The molecule has 0 bridgehead atoms. The molecular formula is C18H19N7O2. The molecule has 2 aromatic heterocycles. The maximum atomic E-state index is 12.5. The number of nitrogen functional groups attached to an aromatic ring is 1. The lowest BCUT2D eigenvalue weighted by molar-refractivity contribution is 0.0945. The summed E-state index contributed by atoms with van der Waals surface area (Å²) in [5, 5.41) is 12.9. The standard InChI is InChI=1S/C18H19N7O2/c19-16-6-17(23-10-22-16)25-9-12(26)5-11(25)7-21-18(27)15-8-20-13-3-1-2-4-14(13)24-15/h1-4,6,8,10-12,26H,5,7,9H2,(H,21,27)(H2,19,22,23)/t11-,12-/m1/s1. The molecule has 4 N–H and O–H groups in total. The third-order valence-electron chi connectivity index (χ3n) is 4.54. The van der Waals surface area contributed by atoms with Crippen molar-refractivity contribution in [2.75, 3.05) is 23.7 Å². The number of hydrogen-bond acceptors (Lipinski definition) is 8. The number of amides is 1. The third kappa shape index (κ3) is 3.63. The Kier molecular flexibility index (Phi) is 4.51. The van der Waals surface area contributed by atoms with E-state index >= 15 is 0 Å². The first-order chi connectivity index (χ1) is 13.1. The van der Waals surface area contributed by atoms with E-state index in [1.165, 1.54) is 12.5 Å². The van der Waals surface area contributed by atoms with Gasteiger partial charge in [-0.25, -0.2) is 15.0 Å². The fraction of sp³-hybridized carbons (Fsp3) is 0.278. The first-order valence-electron chi connectivity index (χ1n) is 8.62. The van der Waals surface area contributed by atoms with Crippen molar-refractivity contribution in [3.8, 4) is 0 Å². The summed E-state index contributed by atoms with van der Waals surface area (Å²) < 4.78 is 0. The van der Waals surface area contributed by atoms with Crippen LogP contribution in [0.1, 0.15) is 16.9 Å². The van der Waals surface area contributed by atoms with Crippen LogP contribution in [0.4, 0.5) is 11.6 Å². The molecule has 0 saturated carbocycles. The van der Waals surface area contributed by atoms with Gasteiger partial charge in [0, 0.05) is 19.2 Å². The summed E-state index contributed by atoms with van der Waals surface area (Å²) in [4.78, 5) is 31.1. The molecule has 1 aliphatic heterocycles. The fourth-order valence-corrected chi connectivity index (χ4v) is 3.25. The Morgan fingerprint density at radius 1 is 1.26 bits per heavy atom. The van der Waals surface area contributed by atoms with E-state index in [1.807, 2.05) is 29.2 Å². The quantitative estimate of drug-likeness (QED) is 0.605. The van der Waals surface area contributed by atoms with Crippen LogP contribution in [0.25, 0.3) is 11.0 Å². The van der Waals surface area contributed by atoms with E-state index < -0.39 is 6.10 Å². The van der Waals surface area contributed by atoms with E-state index in [0.29, 0.717) is 36.7 Å². The second-order valence-electron chi connectivity index (χ2n) is 6.45. The van der Waals surface area contributed by atoms with E-state index in [0.717, 1.165) is 5.52 Å². The molecule has 3 aromatic rings. The van der Waals surface area contributed by atoms with Gasteiger partial charge >= 0.3 is 0 Å². The van der Waals surface area contributed by atoms with Crippen LogP contribution >= 0.6 is 0 Å². The number of anilines is 2. The van der Waals surface area contributed by atoms with Crippen molar-refractivity contribution in [3.05, 3.63) is 48.5 Å². The highest BCUT2D eigenvalue weighted by Gasteiger charge is 2.32. The van der Waals surface area contributed by atoms with E-state index in [2.05, 4.69) is 25.3 Å². The molecule has 3 heterocycles. The number of carbonyl (C=O) groups is 1. The van der Waals surface area contributed by atoms with Gasteiger partial charge < -0.3 is 21.1 Å². The lowest BCUT2D eigenvalue weighted by Crippen LogP contribution is -2.40. The maximum Gasteiger partial charge on any atom is 0.271 e. The topological polar surface area (TPSA) is 130 Å². The molecule has 138 valence electrons. The van der Waals surface area contributed by atoms with Crippen molar-refractivity contribution in [1.29, 1.82) is 0 Å². The average molecular weight is 365 g/mol. The van der Waals surface area contributed by atoms with Crippen molar-refractivity contribution in [1.82, 2.24) is 25.3 Å². The van der Waals surface area contributed by atoms with Crippen LogP contribution in [0.2, 0.25) is 0 Å². The smallest absolute Gasteiger partial charge is 0.271 e. The molecule has 9 heteroatoms. The summed E-state index contributed by atoms with van der Waals surface area (Å²) in [6.07, 6.45) is 2.87. The van der Waals surface area contributed by atoms with Gasteiger partial charge in [0.2, 0.25) is 0 Å². The Bertz CT molecular complexity index is 981. The minimum absolute atomic E-state index is 0.105. The summed E-state index contributed by atoms with van der Waals surface area (Å²) in [6, 6.07) is 8.93. The normalized spacial score (nSPS) is 19.4. The van der Waals surface area contributed by atoms with E-state index in [-0.39, 0.29) is 17.6 Å². The summed E-state index contributed by atoms with van der Waals surface area (Å²) in [6.45, 7) is 0.765. The van der Waals surface area contributed by atoms with E-state index in [9.17, 15) is 9.90 Å². The van der Waals surface area contributed by atoms with Crippen LogP contribution in [0, 0.1) is 0 Å². The Balaban J connectivity index is 1.46. The summed E-state index contributed by atoms with van der Waals surface area (Å²) in [5.41, 5.74) is 7.38. The first-order valence-corrected chi connectivity index (χ1v) is 8.62. The minimum Gasteiger partial charge on any atom is -0.391 e. The molecule has 0 radical (unpaired) electrons. The number of nitrogens with zero attached hydrogens (tertiary/aromatic N) is 5. The first kappa shape index (κ1) is 17.1. The summed E-state index contributed by atoms with van der Waals surface area (Å²) in [5.74, 6) is 0.677. The van der Waals surface area contributed by atoms with Gasteiger partial charge in [-0.15, -0.1) is 0 Å². The molecule has 1 saturated heterocycles. The van der Waals surface area contributed by atoms with Crippen molar-refractivity contribution in [2.24, 2.45) is 0 Å². The number of aliphatic hydroxyl groups excluding tert-OH is 1. The molecule has 0 spiro atoms.